The molecule has 14 heavy (non-hydrogen) atoms. The summed E-state index contributed by atoms with van der Waals surface area (Å²) in [5.74, 6) is 0.108. The number of allylic oxidation sites excluding steroid dienone is 1. The summed E-state index contributed by atoms with van der Waals surface area (Å²) in [6.07, 6.45) is 3.59. The van der Waals surface area contributed by atoms with Gasteiger partial charge >= 0.3 is 0 Å². The first-order valence-corrected chi connectivity index (χ1v) is 9.68. The van der Waals surface area contributed by atoms with E-state index in [1.54, 1.807) is 0 Å². The molecule has 0 aromatic heterocycles. The third kappa shape index (κ3) is 7.16. The average molecular weight is 274 g/mol. The van der Waals surface area contributed by atoms with E-state index in [0.29, 0.717) is 0 Å². The molecular weight excluding hydrogens is 255 g/mol. The number of hydrogen-bond donors (Lipinski definition) is 0. The van der Waals surface area contributed by atoms with Crippen molar-refractivity contribution >= 4 is 42.9 Å². The van der Waals surface area contributed by atoms with Crippen LogP contribution in [0.15, 0.2) is 12.7 Å². The van der Waals surface area contributed by atoms with Gasteiger partial charge in [-0.1, -0.05) is 66.6 Å². The zero-order valence-electron chi connectivity index (χ0n) is 9.12. The van der Waals surface area contributed by atoms with Crippen molar-refractivity contribution in [1.82, 2.24) is 0 Å². The van der Waals surface area contributed by atoms with Crippen LogP contribution in [0.25, 0.3) is 0 Å². The molecule has 0 heterocycles. The van der Waals surface area contributed by atoms with Gasteiger partial charge in [-0.05, 0) is 12.8 Å². The molecule has 0 aromatic carbocycles. The highest BCUT2D eigenvalue weighted by Crippen LogP contribution is 2.40. The maximum absolute atomic E-state index is 5.91. The van der Waals surface area contributed by atoms with E-state index in [9.17, 15) is 0 Å². The summed E-state index contributed by atoms with van der Waals surface area (Å²) in [5, 5.41) is 0. The first-order chi connectivity index (χ1) is 6.17. The van der Waals surface area contributed by atoms with Crippen LogP contribution in [0.4, 0.5) is 0 Å². The van der Waals surface area contributed by atoms with E-state index < -0.39 is 11.9 Å². The van der Waals surface area contributed by atoms with Crippen molar-refractivity contribution in [3.63, 3.8) is 0 Å². The predicted molar refractivity (Wildman–Crippen MR) is 71.4 cm³/mol. The fraction of sp³-hybridized carbons (Fsp3) is 0.800. The van der Waals surface area contributed by atoms with Gasteiger partial charge in [-0.2, -0.15) is 0 Å². The van der Waals surface area contributed by atoms with Gasteiger partial charge in [-0.15, -0.1) is 6.58 Å². The van der Waals surface area contributed by atoms with Gasteiger partial charge in [0.25, 0.3) is 0 Å². The number of halogens is 3. The van der Waals surface area contributed by atoms with Crippen LogP contribution in [-0.4, -0.2) is 11.9 Å². The molecule has 84 valence electrons. The lowest BCUT2D eigenvalue weighted by Gasteiger charge is -2.26. The second kappa shape index (κ2) is 5.79. The zero-order chi connectivity index (χ0) is 11.4. The minimum atomic E-state index is -1.14. The quantitative estimate of drug-likeness (QED) is 0.363. The van der Waals surface area contributed by atoms with Gasteiger partial charge in [0, 0.05) is 14.0 Å². The highest BCUT2D eigenvalue weighted by atomic mass is 35.6. The van der Waals surface area contributed by atoms with Crippen LogP contribution in [-0.2, 0) is 0 Å². The van der Waals surface area contributed by atoms with E-state index in [0.717, 1.165) is 12.8 Å². The van der Waals surface area contributed by atoms with Crippen LogP contribution < -0.4 is 0 Å². The van der Waals surface area contributed by atoms with Crippen LogP contribution >= 0.6 is 34.8 Å². The molecule has 0 aliphatic carbocycles. The van der Waals surface area contributed by atoms with Crippen molar-refractivity contribution in [3.8, 4) is 0 Å². The van der Waals surface area contributed by atoms with Gasteiger partial charge in [0.05, 0.1) is 0 Å². The van der Waals surface area contributed by atoms with E-state index >= 15 is 0 Å². The highest BCUT2D eigenvalue weighted by molar-refractivity contribution is 6.76. The van der Waals surface area contributed by atoms with E-state index in [1.165, 1.54) is 6.04 Å². The summed E-state index contributed by atoms with van der Waals surface area (Å²) in [6.45, 7) is 10.7. The number of alkyl halides is 3. The lowest BCUT2D eigenvalue weighted by molar-refractivity contribution is 0.524. The molecule has 0 saturated heterocycles. The van der Waals surface area contributed by atoms with Crippen LogP contribution in [0.5, 0.6) is 0 Å². The Morgan fingerprint density at radius 3 is 2.07 bits per heavy atom. The molecule has 0 fully saturated rings. The smallest absolute Gasteiger partial charge is 0.103 e. The molecule has 0 nitrogen and oxygen atoms in total. The van der Waals surface area contributed by atoms with Crippen molar-refractivity contribution in [3.05, 3.63) is 12.7 Å². The second-order valence-electron chi connectivity index (χ2n) is 4.86. The molecule has 0 aliphatic heterocycles. The largest absolute Gasteiger partial charge is 0.193 e. The Morgan fingerprint density at radius 2 is 1.79 bits per heavy atom. The summed E-state index contributed by atoms with van der Waals surface area (Å²) in [6, 6.07) is 1.19. The van der Waals surface area contributed by atoms with Crippen LogP contribution in [0.1, 0.15) is 12.8 Å². The Hall–Kier alpha value is 0.827. The normalized spacial score (nSPS) is 15.3. The van der Waals surface area contributed by atoms with E-state index in [1.807, 2.05) is 6.08 Å². The first kappa shape index (κ1) is 14.8. The minimum absolute atomic E-state index is 0.108. The lowest BCUT2D eigenvalue weighted by atomic mass is 10.0. The van der Waals surface area contributed by atoms with Crippen LogP contribution in [0.2, 0.25) is 25.7 Å². The summed E-state index contributed by atoms with van der Waals surface area (Å²) >= 11 is 17.7. The Morgan fingerprint density at radius 1 is 1.29 bits per heavy atom. The maximum Gasteiger partial charge on any atom is 0.193 e. The molecule has 4 heteroatoms. The molecule has 0 N–H and O–H groups in total. The molecule has 1 unspecified atom stereocenters. The Labute approximate surface area is 104 Å². The summed E-state index contributed by atoms with van der Waals surface area (Å²) in [4.78, 5) is 0. The van der Waals surface area contributed by atoms with Gasteiger partial charge in [-0.25, -0.2) is 0 Å². The van der Waals surface area contributed by atoms with Crippen molar-refractivity contribution in [2.45, 2.75) is 42.3 Å². The Balaban J connectivity index is 4.18. The topological polar surface area (TPSA) is 0 Å². The predicted octanol–water partition coefficient (Wildman–Crippen LogP) is 5.28. The van der Waals surface area contributed by atoms with Gasteiger partial charge < -0.3 is 0 Å². The van der Waals surface area contributed by atoms with Crippen LogP contribution in [0, 0.1) is 5.92 Å². The Bertz CT molecular complexity index is 179. The third-order valence-corrected chi connectivity index (χ3v) is 4.87. The second-order valence-corrected chi connectivity index (χ2v) is 12.9. The van der Waals surface area contributed by atoms with E-state index in [2.05, 4.69) is 26.2 Å². The van der Waals surface area contributed by atoms with Gasteiger partial charge in [-0.3, -0.25) is 0 Å². The molecule has 0 spiro atoms. The number of hydrogen-bond acceptors (Lipinski definition) is 0. The monoisotopic (exact) mass is 272 g/mol. The first-order valence-electron chi connectivity index (χ1n) is 4.84. The lowest BCUT2D eigenvalue weighted by Crippen LogP contribution is -2.25. The van der Waals surface area contributed by atoms with Crippen molar-refractivity contribution < 1.29 is 0 Å². The van der Waals surface area contributed by atoms with E-state index in [-0.39, 0.29) is 5.92 Å². The fourth-order valence-corrected chi connectivity index (χ4v) is 3.03. The van der Waals surface area contributed by atoms with Crippen LogP contribution in [0.3, 0.4) is 0 Å². The Kier molecular flexibility index (Phi) is 6.13. The molecule has 0 bridgehead atoms. The maximum atomic E-state index is 5.91. The SMILES string of the molecule is C=CCC(CC[Si](C)(C)C)C(Cl)(Cl)Cl. The van der Waals surface area contributed by atoms with Crippen molar-refractivity contribution in [2.24, 2.45) is 5.92 Å². The van der Waals surface area contributed by atoms with Crippen molar-refractivity contribution in [2.75, 3.05) is 0 Å². The van der Waals surface area contributed by atoms with Crippen molar-refractivity contribution in [1.29, 1.82) is 0 Å². The van der Waals surface area contributed by atoms with E-state index in [4.69, 9.17) is 34.8 Å². The molecule has 0 aromatic rings. The number of rotatable bonds is 5. The average Bonchev–Trinajstić information content (AvgIpc) is 1.93. The molecule has 0 rings (SSSR count). The molecule has 0 saturated carbocycles. The summed E-state index contributed by atoms with van der Waals surface area (Å²) < 4.78 is -1.14. The summed E-state index contributed by atoms with van der Waals surface area (Å²) in [5.41, 5.74) is 0. The molecule has 0 radical (unpaired) electrons. The van der Waals surface area contributed by atoms with Gasteiger partial charge in [0.15, 0.2) is 3.79 Å². The zero-order valence-corrected chi connectivity index (χ0v) is 12.4. The standard InChI is InChI=1S/C10H19Cl3Si/c1-5-6-9(10(11,12)13)7-8-14(2,3)4/h5,9H,1,6-8H2,2-4H3. The minimum Gasteiger partial charge on any atom is -0.103 e. The third-order valence-electron chi connectivity index (χ3n) is 2.16. The summed E-state index contributed by atoms with van der Waals surface area (Å²) in [7, 11) is -1.04. The molecular formula is C10H19Cl3Si. The van der Waals surface area contributed by atoms with Gasteiger partial charge in [0.1, 0.15) is 0 Å². The molecule has 0 aliphatic rings. The molecule has 1 atom stereocenters. The molecule has 0 amide bonds. The highest BCUT2D eigenvalue weighted by Gasteiger charge is 2.32. The van der Waals surface area contributed by atoms with Gasteiger partial charge in [0.2, 0.25) is 0 Å². The fourth-order valence-electron chi connectivity index (χ4n) is 1.22.